The number of rotatable bonds is 10. The number of benzene rings is 2. The highest BCUT2D eigenvalue weighted by molar-refractivity contribution is 5.31. The van der Waals surface area contributed by atoms with Gasteiger partial charge in [-0.15, -0.1) is 13.2 Å². The molecule has 2 nitrogen and oxygen atoms in total. The topological polar surface area (TPSA) is 18.5 Å². The van der Waals surface area contributed by atoms with Crippen LogP contribution in [-0.4, -0.2) is 6.36 Å². The standard InChI is InChI=1S/C27H32F6O2/c1-3-4-5-6-19-7-9-20(10-8-19)21-11-14-23(15-12-21)26(29,30)34-18(2)22-13-16-25(24(28)17-22)35-27(31,32)33/h11-20H,3-10H2,1-2H3. The molecule has 0 aliphatic heterocycles. The monoisotopic (exact) mass is 502 g/mol. The van der Waals surface area contributed by atoms with E-state index in [1.807, 2.05) is 0 Å². The zero-order valence-corrected chi connectivity index (χ0v) is 20.0. The fourth-order valence-electron chi connectivity index (χ4n) is 4.75. The van der Waals surface area contributed by atoms with Gasteiger partial charge in [0.15, 0.2) is 11.6 Å². The van der Waals surface area contributed by atoms with Gasteiger partial charge in [-0.05, 0) is 67.7 Å². The quantitative estimate of drug-likeness (QED) is 0.238. The molecule has 1 aliphatic rings. The van der Waals surface area contributed by atoms with Crippen molar-refractivity contribution in [2.24, 2.45) is 5.92 Å². The first kappa shape index (κ1) is 27.4. The van der Waals surface area contributed by atoms with E-state index in [4.69, 9.17) is 4.74 Å². The Morgan fingerprint density at radius 3 is 2.14 bits per heavy atom. The van der Waals surface area contributed by atoms with Crippen LogP contribution in [0.15, 0.2) is 42.5 Å². The molecule has 1 fully saturated rings. The lowest BCUT2D eigenvalue weighted by Crippen LogP contribution is -2.21. The second-order valence-corrected chi connectivity index (χ2v) is 9.35. The van der Waals surface area contributed by atoms with Crippen molar-refractivity contribution in [1.29, 1.82) is 0 Å². The van der Waals surface area contributed by atoms with Crippen molar-refractivity contribution in [2.45, 2.75) is 89.7 Å². The highest BCUT2D eigenvalue weighted by Gasteiger charge is 2.36. The van der Waals surface area contributed by atoms with Gasteiger partial charge in [-0.2, -0.15) is 8.78 Å². The minimum absolute atomic E-state index is 0.0379. The Morgan fingerprint density at radius 1 is 0.914 bits per heavy atom. The molecule has 1 saturated carbocycles. The predicted molar refractivity (Wildman–Crippen MR) is 122 cm³/mol. The number of hydrogen-bond acceptors (Lipinski definition) is 2. The van der Waals surface area contributed by atoms with Gasteiger partial charge in [0.1, 0.15) is 0 Å². The average Bonchev–Trinajstić information content (AvgIpc) is 2.80. The second-order valence-electron chi connectivity index (χ2n) is 9.35. The van der Waals surface area contributed by atoms with E-state index in [0.29, 0.717) is 12.0 Å². The van der Waals surface area contributed by atoms with Crippen LogP contribution in [0, 0.1) is 11.7 Å². The van der Waals surface area contributed by atoms with E-state index >= 15 is 0 Å². The molecular weight excluding hydrogens is 470 g/mol. The summed E-state index contributed by atoms with van der Waals surface area (Å²) in [5, 5.41) is 0. The molecular formula is C27H32F6O2. The number of ether oxygens (including phenoxy) is 2. The zero-order chi connectivity index (χ0) is 25.6. The van der Waals surface area contributed by atoms with Gasteiger partial charge in [0, 0.05) is 0 Å². The highest BCUT2D eigenvalue weighted by atomic mass is 19.4. The lowest BCUT2D eigenvalue weighted by Gasteiger charge is -2.29. The lowest BCUT2D eigenvalue weighted by molar-refractivity contribution is -0.275. The summed E-state index contributed by atoms with van der Waals surface area (Å²) in [5.41, 5.74) is 0.662. The van der Waals surface area contributed by atoms with Crippen LogP contribution in [0.4, 0.5) is 26.3 Å². The van der Waals surface area contributed by atoms with Gasteiger partial charge >= 0.3 is 12.5 Å². The van der Waals surface area contributed by atoms with E-state index < -0.39 is 30.1 Å². The molecule has 1 unspecified atom stereocenters. The normalized spacial score (nSPS) is 20.0. The first-order chi connectivity index (χ1) is 16.5. The Balaban J connectivity index is 1.58. The minimum Gasteiger partial charge on any atom is -0.403 e. The molecule has 1 aliphatic carbocycles. The van der Waals surface area contributed by atoms with Crippen molar-refractivity contribution >= 4 is 0 Å². The second kappa shape index (κ2) is 11.7. The molecule has 194 valence electrons. The largest absolute Gasteiger partial charge is 0.573 e. The molecule has 3 rings (SSSR count). The van der Waals surface area contributed by atoms with E-state index in [-0.39, 0.29) is 11.1 Å². The van der Waals surface area contributed by atoms with Crippen LogP contribution in [0.1, 0.15) is 93.9 Å². The molecule has 2 aromatic rings. The predicted octanol–water partition coefficient (Wildman–Crippen LogP) is 9.41. The van der Waals surface area contributed by atoms with E-state index in [1.54, 1.807) is 12.1 Å². The molecule has 35 heavy (non-hydrogen) atoms. The molecule has 0 spiro atoms. The Kier molecular flexibility index (Phi) is 9.13. The van der Waals surface area contributed by atoms with Crippen LogP contribution in [0.5, 0.6) is 5.75 Å². The van der Waals surface area contributed by atoms with E-state index in [0.717, 1.165) is 49.3 Å². The maximum absolute atomic E-state index is 14.8. The Hall–Kier alpha value is -2.22. The van der Waals surface area contributed by atoms with Gasteiger partial charge in [0.05, 0.1) is 11.7 Å². The van der Waals surface area contributed by atoms with Crippen molar-refractivity contribution in [3.05, 3.63) is 65.0 Å². The Bertz CT molecular complexity index is 934. The van der Waals surface area contributed by atoms with Crippen LogP contribution in [0.3, 0.4) is 0 Å². The summed E-state index contributed by atoms with van der Waals surface area (Å²) in [6.45, 7) is 3.48. The number of halogens is 6. The molecule has 1 atom stereocenters. The molecule has 0 N–H and O–H groups in total. The fourth-order valence-corrected chi connectivity index (χ4v) is 4.75. The highest BCUT2D eigenvalue weighted by Crippen LogP contribution is 2.40. The first-order valence-corrected chi connectivity index (χ1v) is 12.2. The zero-order valence-electron chi connectivity index (χ0n) is 20.0. The smallest absolute Gasteiger partial charge is 0.403 e. The van der Waals surface area contributed by atoms with E-state index in [9.17, 15) is 26.3 Å². The van der Waals surface area contributed by atoms with Crippen LogP contribution in [0.25, 0.3) is 0 Å². The molecule has 0 heterocycles. The van der Waals surface area contributed by atoms with E-state index in [1.165, 1.54) is 44.7 Å². The summed E-state index contributed by atoms with van der Waals surface area (Å²) in [5.74, 6) is -1.23. The van der Waals surface area contributed by atoms with E-state index in [2.05, 4.69) is 11.7 Å². The van der Waals surface area contributed by atoms with Crippen molar-refractivity contribution in [3.63, 3.8) is 0 Å². The van der Waals surface area contributed by atoms with Gasteiger partial charge in [-0.25, -0.2) is 4.39 Å². The average molecular weight is 503 g/mol. The fraction of sp³-hybridized carbons (Fsp3) is 0.556. The maximum Gasteiger partial charge on any atom is 0.573 e. The Labute approximate surface area is 202 Å². The van der Waals surface area contributed by atoms with Gasteiger partial charge in [0.25, 0.3) is 0 Å². The molecule has 0 amide bonds. The van der Waals surface area contributed by atoms with Crippen molar-refractivity contribution in [2.75, 3.05) is 0 Å². The summed E-state index contributed by atoms with van der Waals surface area (Å²) < 4.78 is 88.9. The van der Waals surface area contributed by atoms with Crippen LogP contribution in [0.2, 0.25) is 0 Å². The van der Waals surface area contributed by atoms with Crippen molar-refractivity contribution in [1.82, 2.24) is 0 Å². The summed E-state index contributed by atoms with van der Waals surface area (Å²) in [6.07, 6.45) is -0.536. The first-order valence-electron chi connectivity index (χ1n) is 12.2. The molecule has 0 bridgehead atoms. The minimum atomic E-state index is -5.06. The van der Waals surface area contributed by atoms with Gasteiger partial charge in [-0.1, -0.05) is 62.9 Å². The van der Waals surface area contributed by atoms with Crippen LogP contribution in [-0.2, 0) is 10.8 Å². The van der Waals surface area contributed by atoms with Gasteiger partial charge in [0.2, 0.25) is 0 Å². The number of unbranched alkanes of at least 4 members (excludes halogenated alkanes) is 2. The summed E-state index contributed by atoms with van der Waals surface area (Å²) in [7, 11) is 0. The summed E-state index contributed by atoms with van der Waals surface area (Å²) in [4.78, 5) is 0. The third-order valence-electron chi connectivity index (χ3n) is 6.76. The number of alkyl halides is 5. The van der Waals surface area contributed by atoms with Gasteiger partial charge in [-0.3, -0.25) is 0 Å². The van der Waals surface area contributed by atoms with Crippen LogP contribution < -0.4 is 4.74 Å². The molecule has 0 aromatic heterocycles. The molecule has 0 saturated heterocycles. The van der Waals surface area contributed by atoms with Crippen molar-refractivity contribution < 1.29 is 35.8 Å². The molecule has 8 heteroatoms. The SMILES string of the molecule is CCCCCC1CCC(c2ccc(C(F)(F)OC(C)c3ccc(OC(F)(F)F)c(F)c3)cc2)CC1. The summed E-state index contributed by atoms with van der Waals surface area (Å²) >= 11 is 0. The van der Waals surface area contributed by atoms with Crippen LogP contribution >= 0.6 is 0 Å². The van der Waals surface area contributed by atoms with Crippen molar-refractivity contribution in [3.8, 4) is 5.75 Å². The lowest BCUT2D eigenvalue weighted by atomic mass is 9.77. The Morgan fingerprint density at radius 2 is 1.57 bits per heavy atom. The molecule has 2 aromatic carbocycles. The number of hydrogen-bond donors (Lipinski definition) is 0. The third-order valence-corrected chi connectivity index (χ3v) is 6.76. The third kappa shape index (κ3) is 7.89. The summed E-state index contributed by atoms with van der Waals surface area (Å²) in [6, 6.07) is 8.61. The maximum atomic E-state index is 14.8. The molecule has 0 radical (unpaired) electrons. The van der Waals surface area contributed by atoms with Gasteiger partial charge < -0.3 is 9.47 Å².